The standard InChI is InChI=1S/C20H32N4O2S.HI/c1-4-21-20(23-14-19(25)24-11-7-8-12-24)22-13-16(2)15-27-18-10-6-5-9-17(18)26-3;/h5-6,9-10,16H,4,7-8,11-15H2,1-3H3,(H2,21,22,23);1H. The first-order chi connectivity index (χ1) is 13.1. The molecule has 28 heavy (non-hydrogen) atoms. The molecule has 1 amide bonds. The van der Waals surface area contributed by atoms with Gasteiger partial charge in [0.2, 0.25) is 5.91 Å². The fraction of sp³-hybridized carbons (Fsp3) is 0.600. The number of aliphatic imine (C=N–C) groups is 1. The van der Waals surface area contributed by atoms with Crippen LogP contribution in [0.15, 0.2) is 34.2 Å². The van der Waals surface area contributed by atoms with Crippen LogP contribution in [0.25, 0.3) is 0 Å². The van der Waals surface area contributed by atoms with Gasteiger partial charge >= 0.3 is 0 Å². The van der Waals surface area contributed by atoms with Gasteiger partial charge in [-0.2, -0.15) is 0 Å². The predicted octanol–water partition coefficient (Wildman–Crippen LogP) is 3.22. The number of nitrogens with one attached hydrogen (secondary N) is 2. The fourth-order valence-corrected chi connectivity index (χ4v) is 3.91. The van der Waals surface area contributed by atoms with E-state index >= 15 is 0 Å². The number of thioether (sulfide) groups is 1. The van der Waals surface area contributed by atoms with Gasteiger partial charge in [-0.15, -0.1) is 35.7 Å². The number of carbonyl (C=O) groups is 1. The molecule has 1 heterocycles. The third kappa shape index (κ3) is 8.46. The Kier molecular flexibility index (Phi) is 12.4. The maximum Gasteiger partial charge on any atom is 0.244 e. The highest BCUT2D eigenvalue weighted by atomic mass is 127. The fourth-order valence-electron chi connectivity index (χ4n) is 2.85. The van der Waals surface area contributed by atoms with Crippen LogP contribution in [0.3, 0.4) is 0 Å². The molecule has 1 fully saturated rings. The van der Waals surface area contributed by atoms with Crippen LogP contribution in [0.4, 0.5) is 0 Å². The molecule has 0 radical (unpaired) electrons. The SMILES string of the molecule is CCNC(=NCC(=O)N1CCCC1)NCC(C)CSc1ccccc1OC.I. The number of benzene rings is 1. The summed E-state index contributed by atoms with van der Waals surface area (Å²) in [6, 6.07) is 8.08. The van der Waals surface area contributed by atoms with E-state index in [4.69, 9.17) is 4.74 Å². The Labute approximate surface area is 190 Å². The summed E-state index contributed by atoms with van der Waals surface area (Å²) >= 11 is 1.79. The molecule has 1 aliphatic rings. The molecule has 1 atom stereocenters. The number of hydrogen-bond acceptors (Lipinski definition) is 4. The summed E-state index contributed by atoms with van der Waals surface area (Å²) in [5.41, 5.74) is 0. The number of rotatable bonds is 9. The van der Waals surface area contributed by atoms with Crippen molar-refractivity contribution in [3.05, 3.63) is 24.3 Å². The molecule has 0 aliphatic carbocycles. The maximum atomic E-state index is 12.2. The first kappa shape index (κ1) is 24.9. The third-order valence-electron chi connectivity index (χ3n) is 4.39. The van der Waals surface area contributed by atoms with Crippen molar-refractivity contribution in [3.8, 4) is 5.75 Å². The molecule has 2 N–H and O–H groups in total. The van der Waals surface area contributed by atoms with E-state index in [1.165, 1.54) is 0 Å². The van der Waals surface area contributed by atoms with E-state index in [1.807, 2.05) is 30.0 Å². The van der Waals surface area contributed by atoms with Crippen molar-refractivity contribution in [2.24, 2.45) is 10.9 Å². The minimum Gasteiger partial charge on any atom is -0.496 e. The van der Waals surface area contributed by atoms with Crippen LogP contribution in [-0.4, -0.2) is 62.4 Å². The Hall–Kier alpha value is -1.16. The Morgan fingerprint density at radius 2 is 2.00 bits per heavy atom. The van der Waals surface area contributed by atoms with Gasteiger partial charge in [-0.3, -0.25) is 4.79 Å². The molecule has 0 saturated carbocycles. The lowest BCUT2D eigenvalue weighted by atomic mass is 10.2. The quantitative estimate of drug-likeness (QED) is 0.227. The van der Waals surface area contributed by atoms with Gasteiger partial charge in [0, 0.05) is 36.8 Å². The largest absolute Gasteiger partial charge is 0.496 e. The summed E-state index contributed by atoms with van der Waals surface area (Å²) < 4.78 is 5.40. The zero-order valence-corrected chi connectivity index (χ0v) is 20.2. The van der Waals surface area contributed by atoms with E-state index in [1.54, 1.807) is 18.9 Å². The van der Waals surface area contributed by atoms with Crippen LogP contribution in [0.1, 0.15) is 26.7 Å². The molecule has 158 valence electrons. The number of nitrogens with zero attached hydrogens (tertiary/aromatic N) is 2. The third-order valence-corrected chi connectivity index (χ3v) is 5.77. The van der Waals surface area contributed by atoms with Crippen molar-refractivity contribution >= 4 is 47.6 Å². The lowest BCUT2D eigenvalue weighted by Gasteiger charge is -2.17. The summed E-state index contributed by atoms with van der Waals surface area (Å²) in [6.45, 7) is 7.75. The number of amides is 1. The molecule has 1 unspecified atom stereocenters. The van der Waals surface area contributed by atoms with E-state index in [0.29, 0.717) is 11.9 Å². The predicted molar refractivity (Wildman–Crippen MR) is 128 cm³/mol. The lowest BCUT2D eigenvalue weighted by molar-refractivity contribution is -0.128. The molecule has 1 aromatic rings. The van der Waals surface area contributed by atoms with Gasteiger partial charge in [0.25, 0.3) is 0 Å². The molecule has 1 aromatic carbocycles. The van der Waals surface area contributed by atoms with Gasteiger partial charge in [0.1, 0.15) is 12.3 Å². The molecule has 6 nitrogen and oxygen atoms in total. The van der Waals surface area contributed by atoms with Crippen LogP contribution >= 0.6 is 35.7 Å². The second kappa shape index (κ2) is 13.9. The minimum atomic E-state index is 0. The Bertz CT molecular complexity index is 624. The molecule has 1 aliphatic heterocycles. The molecule has 0 bridgehead atoms. The van der Waals surface area contributed by atoms with E-state index in [-0.39, 0.29) is 36.4 Å². The van der Waals surface area contributed by atoms with Crippen LogP contribution in [0, 0.1) is 5.92 Å². The van der Waals surface area contributed by atoms with E-state index < -0.39 is 0 Å². The number of methoxy groups -OCH3 is 1. The molecule has 8 heteroatoms. The van der Waals surface area contributed by atoms with Crippen molar-refractivity contribution in [2.75, 3.05) is 45.6 Å². The van der Waals surface area contributed by atoms with Gasteiger partial charge in [0.15, 0.2) is 5.96 Å². The van der Waals surface area contributed by atoms with Crippen LogP contribution in [0.5, 0.6) is 5.75 Å². The number of halogens is 1. The molecule has 0 aromatic heterocycles. The summed E-state index contributed by atoms with van der Waals surface area (Å²) in [6.07, 6.45) is 2.21. The summed E-state index contributed by atoms with van der Waals surface area (Å²) in [4.78, 5) is 19.7. The number of para-hydroxylation sites is 1. The highest BCUT2D eigenvalue weighted by Crippen LogP contribution is 2.29. The summed E-state index contributed by atoms with van der Waals surface area (Å²) in [5, 5.41) is 6.57. The van der Waals surface area contributed by atoms with E-state index in [0.717, 1.165) is 55.4 Å². The first-order valence-corrected chi connectivity index (χ1v) is 10.7. The first-order valence-electron chi connectivity index (χ1n) is 9.69. The monoisotopic (exact) mass is 520 g/mol. The smallest absolute Gasteiger partial charge is 0.244 e. The van der Waals surface area contributed by atoms with Crippen molar-refractivity contribution in [1.82, 2.24) is 15.5 Å². The second-order valence-corrected chi connectivity index (χ2v) is 7.79. The second-order valence-electron chi connectivity index (χ2n) is 6.73. The van der Waals surface area contributed by atoms with Crippen LogP contribution in [-0.2, 0) is 4.79 Å². The summed E-state index contributed by atoms with van der Waals surface area (Å²) in [7, 11) is 1.70. The maximum absolute atomic E-state index is 12.2. The average molecular weight is 520 g/mol. The van der Waals surface area contributed by atoms with Crippen LogP contribution in [0.2, 0.25) is 0 Å². The number of likely N-dealkylation sites (tertiary alicyclic amines) is 1. The zero-order chi connectivity index (χ0) is 19.5. The molecular weight excluding hydrogens is 487 g/mol. The van der Waals surface area contributed by atoms with E-state index in [2.05, 4.69) is 28.6 Å². The van der Waals surface area contributed by atoms with Gasteiger partial charge in [-0.1, -0.05) is 19.1 Å². The van der Waals surface area contributed by atoms with Crippen molar-refractivity contribution < 1.29 is 9.53 Å². The van der Waals surface area contributed by atoms with Crippen molar-refractivity contribution in [2.45, 2.75) is 31.6 Å². The Morgan fingerprint density at radius 1 is 1.29 bits per heavy atom. The van der Waals surface area contributed by atoms with Gasteiger partial charge in [-0.25, -0.2) is 4.99 Å². The highest BCUT2D eigenvalue weighted by Gasteiger charge is 2.17. The minimum absolute atomic E-state index is 0. The Morgan fingerprint density at radius 3 is 2.68 bits per heavy atom. The van der Waals surface area contributed by atoms with Crippen molar-refractivity contribution in [1.29, 1.82) is 0 Å². The van der Waals surface area contributed by atoms with Gasteiger partial charge < -0.3 is 20.3 Å². The number of ether oxygens (including phenoxy) is 1. The molecule has 2 rings (SSSR count). The molecular formula is C20H33IN4O2S. The lowest BCUT2D eigenvalue weighted by Crippen LogP contribution is -2.41. The van der Waals surface area contributed by atoms with Crippen LogP contribution < -0.4 is 15.4 Å². The molecule has 0 spiro atoms. The van der Waals surface area contributed by atoms with Gasteiger partial charge in [-0.05, 0) is 37.8 Å². The highest BCUT2D eigenvalue weighted by molar-refractivity contribution is 14.0. The van der Waals surface area contributed by atoms with E-state index in [9.17, 15) is 4.79 Å². The number of guanidine groups is 1. The summed E-state index contributed by atoms with van der Waals surface area (Å²) in [5.74, 6) is 3.15. The van der Waals surface area contributed by atoms with Gasteiger partial charge in [0.05, 0.1) is 7.11 Å². The number of carbonyl (C=O) groups excluding carboxylic acids is 1. The number of hydrogen-bond donors (Lipinski definition) is 2. The average Bonchev–Trinajstić information content (AvgIpc) is 3.23. The topological polar surface area (TPSA) is 66.0 Å². The van der Waals surface area contributed by atoms with Crippen molar-refractivity contribution in [3.63, 3.8) is 0 Å². The molecule has 1 saturated heterocycles. The normalized spacial score (nSPS) is 15.0. The Balaban J connectivity index is 0.00000392. The zero-order valence-electron chi connectivity index (χ0n) is 17.1.